The van der Waals surface area contributed by atoms with Gasteiger partial charge in [-0.2, -0.15) is 13.2 Å². The number of rotatable bonds is 1. The summed E-state index contributed by atoms with van der Waals surface area (Å²) in [5, 5.41) is 0.518. The molecule has 0 amide bonds. The van der Waals surface area contributed by atoms with Crippen LogP contribution in [0.2, 0.25) is 5.02 Å². The summed E-state index contributed by atoms with van der Waals surface area (Å²) in [5.74, 6) is 0. The number of pyridine rings is 1. The van der Waals surface area contributed by atoms with Crippen LogP contribution in [0.15, 0.2) is 41.0 Å². The van der Waals surface area contributed by atoms with Gasteiger partial charge in [0.1, 0.15) is 4.60 Å². The van der Waals surface area contributed by atoms with E-state index in [1.165, 1.54) is 0 Å². The zero-order valence-corrected chi connectivity index (χ0v) is 11.1. The van der Waals surface area contributed by atoms with E-state index in [0.29, 0.717) is 10.6 Å². The number of aromatic nitrogens is 1. The van der Waals surface area contributed by atoms with Gasteiger partial charge in [-0.05, 0) is 40.2 Å². The molecule has 0 saturated carbocycles. The zero-order chi connectivity index (χ0) is 13.3. The van der Waals surface area contributed by atoms with E-state index in [1.54, 1.807) is 24.3 Å². The Morgan fingerprint density at radius 2 is 1.67 bits per heavy atom. The van der Waals surface area contributed by atoms with Gasteiger partial charge in [0.15, 0.2) is 0 Å². The average Bonchev–Trinajstić information content (AvgIpc) is 2.28. The Labute approximate surface area is 115 Å². The minimum Gasteiger partial charge on any atom is -0.241 e. The van der Waals surface area contributed by atoms with Crippen LogP contribution in [0.1, 0.15) is 5.56 Å². The third-order valence-electron chi connectivity index (χ3n) is 2.26. The van der Waals surface area contributed by atoms with Gasteiger partial charge in [-0.25, -0.2) is 4.98 Å². The van der Waals surface area contributed by atoms with Crippen molar-refractivity contribution < 1.29 is 13.2 Å². The molecular weight excluding hydrogens is 330 g/mol. The minimum atomic E-state index is -4.40. The fraction of sp³-hybridized carbons (Fsp3) is 0.0833. The molecule has 0 aliphatic carbocycles. The second kappa shape index (κ2) is 4.90. The maximum absolute atomic E-state index is 12.7. The Bertz CT molecular complexity index is 567. The molecule has 1 heterocycles. The van der Waals surface area contributed by atoms with Crippen molar-refractivity contribution in [3.05, 3.63) is 51.6 Å². The van der Waals surface area contributed by atoms with Crippen molar-refractivity contribution in [1.29, 1.82) is 0 Å². The molecule has 94 valence electrons. The normalized spacial score (nSPS) is 11.6. The molecule has 2 rings (SSSR count). The van der Waals surface area contributed by atoms with E-state index >= 15 is 0 Å². The second-order valence-electron chi connectivity index (χ2n) is 3.57. The molecule has 6 heteroatoms. The largest absolute Gasteiger partial charge is 0.416 e. The third kappa shape index (κ3) is 3.03. The molecule has 0 atom stereocenters. The van der Waals surface area contributed by atoms with Crippen LogP contribution in [-0.2, 0) is 6.18 Å². The van der Waals surface area contributed by atoms with E-state index in [2.05, 4.69) is 20.9 Å². The summed E-state index contributed by atoms with van der Waals surface area (Å²) in [7, 11) is 0. The fourth-order valence-corrected chi connectivity index (χ4v) is 1.99. The molecule has 18 heavy (non-hydrogen) atoms. The molecule has 0 saturated heterocycles. The van der Waals surface area contributed by atoms with Gasteiger partial charge in [-0.3, -0.25) is 0 Å². The van der Waals surface area contributed by atoms with Crippen molar-refractivity contribution in [3.8, 4) is 11.3 Å². The van der Waals surface area contributed by atoms with E-state index in [4.69, 9.17) is 11.6 Å². The molecule has 1 aromatic carbocycles. The summed E-state index contributed by atoms with van der Waals surface area (Å²) >= 11 is 8.70. The summed E-state index contributed by atoms with van der Waals surface area (Å²) in [6.45, 7) is 0. The predicted molar refractivity (Wildman–Crippen MR) is 67.4 cm³/mol. The van der Waals surface area contributed by atoms with Crippen molar-refractivity contribution in [2.45, 2.75) is 6.18 Å². The molecule has 0 unspecified atom stereocenters. The van der Waals surface area contributed by atoms with Gasteiger partial charge in [-0.1, -0.05) is 23.7 Å². The van der Waals surface area contributed by atoms with Crippen LogP contribution in [0, 0.1) is 0 Å². The first-order chi connectivity index (χ1) is 8.36. The Morgan fingerprint density at radius 3 is 2.22 bits per heavy atom. The first-order valence-electron chi connectivity index (χ1n) is 4.87. The van der Waals surface area contributed by atoms with Crippen molar-refractivity contribution in [3.63, 3.8) is 0 Å². The smallest absolute Gasteiger partial charge is 0.241 e. The highest BCUT2D eigenvalue weighted by Gasteiger charge is 2.31. The molecule has 0 spiro atoms. The van der Waals surface area contributed by atoms with E-state index in [0.717, 1.165) is 12.1 Å². The summed E-state index contributed by atoms with van der Waals surface area (Å²) in [5.41, 5.74) is 0.0777. The quantitative estimate of drug-likeness (QED) is 0.654. The molecule has 0 fully saturated rings. The lowest BCUT2D eigenvalue weighted by molar-refractivity contribution is -0.137. The van der Waals surface area contributed by atoms with Crippen LogP contribution < -0.4 is 0 Å². The molecule has 0 radical (unpaired) electrons. The summed E-state index contributed by atoms with van der Waals surface area (Å²) in [6, 6.07) is 8.40. The number of nitrogens with zero attached hydrogens (tertiary/aromatic N) is 1. The Kier molecular flexibility index (Phi) is 3.64. The lowest BCUT2D eigenvalue weighted by Crippen LogP contribution is -2.05. The number of benzene rings is 1. The number of halogens is 5. The molecule has 0 bridgehead atoms. The highest BCUT2D eigenvalue weighted by Crippen LogP contribution is 2.33. The lowest BCUT2D eigenvalue weighted by Gasteiger charge is -2.09. The monoisotopic (exact) mass is 335 g/mol. The van der Waals surface area contributed by atoms with Crippen LogP contribution in [0.25, 0.3) is 11.3 Å². The van der Waals surface area contributed by atoms with Crippen LogP contribution in [0.3, 0.4) is 0 Å². The topological polar surface area (TPSA) is 12.9 Å². The molecular formula is C12H6BrClF3N. The van der Waals surface area contributed by atoms with Crippen LogP contribution in [-0.4, -0.2) is 4.98 Å². The molecule has 2 aromatic rings. The summed E-state index contributed by atoms with van der Waals surface area (Å²) in [4.78, 5) is 4.02. The van der Waals surface area contributed by atoms with Crippen molar-refractivity contribution in [1.82, 2.24) is 4.98 Å². The summed E-state index contributed by atoms with van der Waals surface area (Å²) in [6.07, 6.45) is -4.40. The van der Waals surface area contributed by atoms with E-state index in [9.17, 15) is 13.2 Å². The Morgan fingerprint density at radius 1 is 1.06 bits per heavy atom. The first kappa shape index (κ1) is 13.4. The average molecular weight is 337 g/mol. The maximum Gasteiger partial charge on any atom is 0.416 e. The number of hydrogen-bond donors (Lipinski definition) is 0. The van der Waals surface area contributed by atoms with Gasteiger partial charge in [0.25, 0.3) is 0 Å². The number of hydrogen-bond acceptors (Lipinski definition) is 1. The van der Waals surface area contributed by atoms with Crippen LogP contribution in [0.5, 0.6) is 0 Å². The van der Waals surface area contributed by atoms with E-state index < -0.39 is 11.7 Å². The van der Waals surface area contributed by atoms with Gasteiger partial charge in [0.05, 0.1) is 11.3 Å². The maximum atomic E-state index is 12.7. The molecule has 1 nitrogen and oxygen atoms in total. The molecule has 0 aliphatic rings. The first-order valence-corrected chi connectivity index (χ1v) is 6.04. The predicted octanol–water partition coefficient (Wildman–Crippen LogP) is 5.18. The molecule has 0 aliphatic heterocycles. The van der Waals surface area contributed by atoms with Gasteiger partial charge in [0.2, 0.25) is 0 Å². The van der Waals surface area contributed by atoms with Crippen molar-refractivity contribution >= 4 is 27.5 Å². The standard InChI is InChI=1S/C12H6BrClF3N/c13-11-6-8(12(15,16)17)5-10(18-11)7-1-3-9(14)4-2-7/h1-6H. The van der Waals surface area contributed by atoms with Crippen molar-refractivity contribution in [2.75, 3.05) is 0 Å². The zero-order valence-electron chi connectivity index (χ0n) is 8.80. The van der Waals surface area contributed by atoms with Crippen molar-refractivity contribution in [2.24, 2.45) is 0 Å². The van der Waals surface area contributed by atoms with Gasteiger partial charge < -0.3 is 0 Å². The van der Waals surface area contributed by atoms with Gasteiger partial charge in [0, 0.05) is 10.6 Å². The van der Waals surface area contributed by atoms with E-state index in [1.807, 2.05) is 0 Å². The van der Waals surface area contributed by atoms with E-state index in [-0.39, 0.29) is 10.3 Å². The minimum absolute atomic E-state index is 0.141. The number of alkyl halides is 3. The highest BCUT2D eigenvalue weighted by molar-refractivity contribution is 9.10. The van der Waals surface area contributed by atoms with Gasteiger partial charge >= 0.3 is 6.18 Å². The fourth-order valence-electron chi connectivity index (χ4n) is 1.43. The highest BCUT2D eigenvalue weighted by atomic mass is 79.9. The molecule has 0 N–H and O–H groups in total. The van der Waals surface area contributed by atoms with Crippen LogP contribution in [0.4, 0.5) is 13.2 Å². The Balaban J connectivity index is 2.52. The SMILES string of the molecule is FC(F)(F)c1cc(Br)nc(-c2ccc(Cl)cc2)c1. The molecule has 1 aromatic heterocycles. The van der Waals surface area contributed by atoms with Gasteiger partial charge in [-0.15, -0.1) is 0 Å². The lowest BCUT2D eigenvalue weighted by atomic mass is 10.1. The summed E-state index contributed by atoms with van der Waals surface area (Å²) < 4.78 is 38.1. The Hall–Kier alpha value is -1.07. The second-order valence-corrected chi connectivity index (χ2v) is 4.82. The van der Waals surface area contributed by atoms with Crippen LogP contribution >= 0.6 is 27.5 Å². The third-order valence-corrected chi connectivity index (χ3v) is 2.92.